The number of carbonyl (C=O) groups is 1. The summed E-state index contributed by atoms with van der Waals surface area (Å²) in [5.41, 5.74) is 7.62. The van der Waals surface area contributed by atoms with Crippen LogP contribution >= 0.6 is 0 Å². The summed E-state index contributed by atoms with van der Waals surface area (Å²) in [6.45, 7) is 2.00. The fraction of sp³-hybridized carbons (Fsp3) is 0.167. The van der Waals surface area contributed by atoms with Crippen molar-refractivity contribution in [3.05, 3.63) is 41.6 Å². The van der Waals surface area contributed by atoms with Crippen LogP contribution < -0.4 is 11.1 Å². The van der Waals surface area contributed by atoms with Crippen molar-refractivity contribution in [2.75, 3.05) is 11.1 Å². The first kappa shape index (κ1) is 11.2. The van der Waals surface area contributed by atoms with Crippen LogP contribution in [0.1, 0.15) is 22.8 Å². The highest BCUT2D eigenvalue weighted by Gasteiger charge is 2.11. The van der Waals surface area contributed by atoms with E-state index in [0.29, 0.717) is 17.1 Å². The molecule has 1 amide bonds. The highest BCUT2D eigenvalue weighted by Crippen LogP contribution is 2.15. The Morgan fingerprint density at radius 2 is 2.24 bits per heavy atom. The number of rotatable bonds is 3. The van der Waals surface area contributed by atoms with Crippen molar-refractivity contribution in [3.63, 3.8) is 0 Å². The molecule has 0 atom stereocenters. The van der Waals surface area contributed by atoms with Gasteiger partial charge >= 0.3 is 0 Å². The van der Waals surface area contributed by atoms with Crippen LogP contribution in [-0.2, 0) is 6.42 Å². The van der Waals surface area contributed by atoms with Gasteiger partial charge in [-0.25, -0.2) is 0 Å². The molecule has 2 aromatic rings. The number of aryl methyl sites for hydroxylation is 1. The second kappa shape index (κ2) is 4.69. The topological polar surface area (TPSA) is 83.8 Å². The summed E-state index contributed by atoms with van der Waals surface area (Å²) >= 11 is 0. The average molecular weight is 230 g/mol. The van der Waals surface area contributed by atoms with Gasteiger partial charge in [0, 0.05) is 11.3 Å². The monoisotopic (exact) mass is 230 g/mol. The maximum Gasteiger partial charge on any atom is 0.258 e. The van der Waals surface area contributed by atoms with Gasteiger partial charge < -0.3 is 11.1 Å². The average Bonchev–Trinajstić information content (AvgIpc) is 2.76. The van der Waals surface area contributed by atoms with E-state index in [4.69, 9.17) is 5.73 Å². The van der Waals surface area contributed by atoms with Crippen molar-refractivity contribution in [2.24, 2.45) is 0 Å². The Morgan fingerprint density at radius 3 is 2.94 bits per heavy atom. The largest absolute Gasteiger partial charge is 0.398 e. The third-order valence-electron chi connectivity index (χ3n) is 2.54. The van der Waals surface area contributed by atoms with Gasteiger partial charge in [0.05, 0.1) is 11.8 Å². The Hall–Kier alpha value is -2.30. The zero-order valence-corrected chi connectivity index (χ0v) is 9.53. The van der Waals surface area contributed by atoms with Crippen molar-refractivity contribution in [2.45, 2.75) is 13.3 Å². The second-order valence-corrected chi connectivity index (χ2v) is 3.67. The fourth-order valence-electron chi connectivity index (χ4n) is 1.57. The Bertz CT molecular complexity index is 533. The number of benzene rings is 1. The minimum Gasteiger partial charge on any atom is -0.398 e. The molecule has 0 aliphatic carbocycles. The van der Waals surface area contributed by atoms with Crippen molar-refractivity contribution in [1.29, 1.82) is 0 Å². The molecule has 2 rings (SSSR count). The van der Waals surface area contributed by atoms with Crippen molar-refractivity contribution in [1.82, 2.24) is 10.2 Å². The summed E-state index contributed by atoms with van der Waals surface area (Å²) in [6.07, 6.45) is 2.50. The third-order valence-corrected chi connectivity index (χ3v) is 2.54. The highest BCUT2D eigenvalue weighted by molar-refractivity contribution is 6.07. The van der Waals surface area contributed by atoms with E-state index in [1.807, 2.05) is 6.92 Å². The molecule has 0 spiro atoms. The number of carbonyl (C=O) groups excluding carboxylic acids is 1. The van der Waals surface area contributed by atoms with Crippen LogP contribution in [0, 0.1) is 0 Å². The van der Waals surface area contributed by atoms with Gasteiger partial charge in [-0.05, 0) is 18.6 Å². The van der Waals surface area contributed by atoms with Gasteiger partial charge in [0.15, 0.2) is 0 Å². The van der Waals surface area contributed by atoms with Gasteiger partial charge in [-0.1, -0.05) is 19.1 Å². The van der Waals surface area contributed by atoms with E-state index in [1.54, 1.807) is 30.5 Å². The number of anilines is 2. The lowest BCUT2D eigenvalue weighted by molar-refractivity contribution is 0.102. The molecule has 1 aromatic carbocycles. The lowest BCUT2D eigenvalue weighted by Crippen LogP contribution is -2.15. The summed E-state index contributed by atoms with van der Waals surface area (Å²) in [7, 11) is 0. The Kier molecular flexibility index (Phi) is 3.09. The van der Waals surface area contributed by atoms with Gasteiger partial charge in [0.25, 0.3) is 5.91 Å². The second-order valence-electron chi connectivity index (χ2n) is 3.67. The first-order chi connectivity index (χ1) is 8.22. The molecule has 1 heterocycles. The lowest BCUT2D eigenvalue weighted by Gasteiger charge is -2.06. The number of nitrogens with two attached hydrogens (primary N) is 1. The van der Waals surface area contributed by atoms with Gasteiger partial charge in [0.1, 0.15) is 5.82 Å². The summed E-state index contributed by atoms with van der Waals surface area (Å²) < 4.78 is 0. The standard InChI is InChI=1S/C12H14N4O/c1-2-8-7-14-16-11(8)15-12(17)9-5-3-4-6-10(9)13/h3-7H,2,13H2,1H3,(H2,14,15,16,17). The molecule has 88 valence electrons. The van der Waals surface area contributed by atoms with E-state index in [2.05, 4.69) is 15.5 Å². The normalized spacial score (nSPS) is 10.2. The number of hydrogen-bond acceptors (Lipinski definition) is 3. The van der Waals surface area contributed by atoms with Crippen LogP contribution in [0.25, 0.3) is 0 Å². The number of H-pyrrole nitrogens is 1. The molecule has 0 saturated carbocycles. The van der Waals surface area contributed by atoms with E-state index in [1.165, 1.54) is 0 Å². The van der Waals surface area contributed by atoms with Gasteiger partial charge in [-0.3, -0.25) is 9.89 Å². The summed E-state index contributed by atoms with van der Waals surface area (Å²) in [6, 6.07) is 6.95. The number of amides is 1. The van der Waals surface area contributed by atoms with Crippen LogP contribution in [-0.4, -0.2) is 16.1 Å². The summed E-state index contributed by atoms with van der Waals surface area (Å²) in [5, 5.41) is 9.41. The number of para-hydroxylation sites is 1. The molecule has 0 saturated heterocycles. The molecule has 5 heteroatoms. The third kappa shape index (κ3) is 2.28. The predicted molar refractivity (Wildman–Crippen MR) is 66.8 cm³/mol. The van der Waals surface area contributed by atoms with Crippen LogP contribution in [0.3, 0.4) is 0 Å². The van der Waals surface area contributed by atoms with Crippen molar-refractivity contribution in [3.8, 4) is 0 Å². The number of aromatic amines is 1. The molecule has 0 unspecified atom stereocenters. The SMILES string of the molecule is CCc1cn[nH]c1NC(=O)c1ccccc1N. The van der Waals surface area contributed by atoms with E-state index in [-0.39, 0.29) is 5.91 Å². The van der Waals surface area contributed by atoms with Crippen molar-refractivity contribution >= 4 is 17.4 Å². The number of hydrogen-bond donors (Lipinski definition) is 3. The highest BCUT2D eigenvalue weighted by atomic mass is 16.1. The zero-order valence-electron chi connectivity index (χ0n) is 9.53. The van der Waals surface area contributed by atoms with Gasteiger partial charge in [-0.2, -0.15) is 5.10 Å². The zero-order chi connectivity index (χ0) is 12.3. The molecule has 17 heavy (non-hydrogen) atoms. The summed E-state index contributed by atoms with van der Waals surface area (Å²) in [4.78, 5) is 12.0. The van der Waals surface area contributed by atoms with Gasteiger partial charge in [0.2, 0.25) is 0 Å². The molecule has 0 fully saturated rings. The van der Waals surface area contributed by atoms with Crippen LogP contribution in [0.5, 0.6) is 0 Å². The van der Waals surface area contributed by atoms with Gasteiger partial charge in [-0.15, -0.1) is 0 Å². The molecule has 0 aliphatic heterocycles. The Labute approximate surface area is 99.0 Å². The molecule has 4 N–H and O–H groups in total. The van der Waals surface area contributed by atoms with E-state index in [9.17, 15) is 4.79 Å². The molecular weight excluding hydrogens is 216 g/mol. The Morgan fingerprint density at radius 1 is 1.47 bits per heavy atom. The number of aromatic nitrogens is 2. The number of nitrogen functional groups attached to an aromatic ring is 1. The molecule has 5 nitrogen and oxygen atoms in total. The van der Waals surface area contributed by atoms with E-state index in [0.717, 1.165) is 12.0 Å². The fourth-order valence-corrected chi connectivity index (χ4v) is 1.57. The van der Waals surface area contributed by atoms with E-state index >= 15 is 0 Å². The lowest BCUT2D eigenvalue weighted by atomic mass is 10.1. The molecule has 0 aliphatic rings. The van der Waals surface area contributed by atoms with Crippen LogP contribution in [0.2, 0.25) is 0 Å². The maximum atomic E-state index is 12.0. The minimum absolute atomic E-state index is 0.234. The minimum atomic E-state index is -0.234. The van der Waals surface area contributed by atoms with Crippen LogP contribution in [0.15, 0.2) is 30.5 Å². The number of nitrogens with zero attached hydrogens (tertiary/aromatic N) is 1. The first-order valence-electron chi connectivity index (χ1n) is 5.40. The maximum absolute atomic E-state index is 12.0. The Balaban J connectivity index is 2.20. The first-order valence-corrected chi connectivity index (χ1v) is 5.40. The van der Waals surface area contributed by atoms with E-state index < -0.39 is 0 Å². The molecule has 0 radical (unpaired) electrons. The number of nitrogens with one attached hydrogen (secondary N) is 2. The molecule has 0 bridgehead atoms. The predicted octanol–water partition coefficient (Wildman–Crippen LogP) is 1.81. The smallest absolute Gasteiger partial charge is 0.258 e. The molecule has 1 aromatic heterocycles. The quantitative estimate of drug-likeness (QED) is 0.703. The van der Waals surface area contributed by atoms with Crippen LogP contribution in [0.4, 0.5) is 11.5 Å². The molecular formula is C12H14N4O. The van der Waals surface area contributed by atoms with Crippen molar-refractivity contribution < 1.29 is 4.79 Å². The summed E-state index contributed by atoms with van der Waals surface area (Å²) in [5.74, 6) is 0.391.